The molecule has 1 aliphatic heterocycles. The summed E-state index contributed by atoms with van der Waals surface area (Å²) in [5.41, 5.74) is 1.63. The number of likely N-dealkylation sites (tertiary alicyclic amines) is 1. The molecule has 1 atom stereocenters. The van der Waals surface area contributed by atoms with Gasteiger partial charge in [0.15, 0.2) is 6.79 Å². The van der Waals surface area contributed by atoms with Gasteiger partial charge in [0.25, 0.3) is 0 Å². The van der Waals surface area contributed by atoms with E-state index in [1.165, 1.54) is 19.2 Å². The lowest BCUT2D eigenvalue weighted by Crippen LogP contribution is -2.24. The summed E-state index contributed by atoms with van der Waals surface area (Å²) < 4.78 is 41.1. The number of rotatable bonds is 7. The van der Waals surface area contributed by atoms with Crippen molar-refractivity contribution in [3.8, 4) is 16.9 Å². The first kappa shape index (κ1) is 23.8. The van der Waals surface area contributed by atoms with Crippen molar-refractivity contribution >= 4 is 39.3 Å². The number of carbonyl (C=O) groups is 1. The topological polar surface area (TPSA) is 82.1 Å². The monoisotopic (exact) mass is 487 g/mol. The molecule has 31 heavy (non-hydrogen) atoms. The van der Waals surface area contributed by atoms with Crippen LogP contribution in [0.25, 0.3) is 11.1 Å². The van der Waals surface area contributed by atoms with Gasteiger partial charge in [-0.05, 0) is 62.3 Å². The number of hydrogen-bond acceptors (Lipinski definition) is 7. The Balaban J connectivity index is 1.99. The second-order valence-electron chi connectivity index (χ2n) is 7.37. The van der Waals surface area contributed by atoms with Crippen molar-refractivity contribution < 1.29 is 26.9 Å². The molecule has 7 nitrogen and oxygen atoms in total. The highest BCUT2D eigenvalue weighted by Crippen LogP contribution is 2.42. The van der Waals surface area contributed by atoms with E-state index in [0.717, 1.165) is 5.56 Å². The number of halogens is 2. The quantitative estimate of drug-likeness (QED) is 0.428. The number of nitrogens with zero attached hydrogens (tertiary/aromatic N) is 1. The first-order chi connectivity index (χ1) is 14.6. The van der Waals surface area contributed by atoms with Gasteiger partial charge in [0.1, 0.15) is 10.6 Å². The minimum atomic E-state index is -4.32. The lowest BCUT2D eigenvalue weighted by molar-refractivity contribution is -0.137. The summed E-state index contributed by atoms with van der Waals surface area (Å²) in [7, 11) is -0.979. The Morgan fingerprint density at radius 2 is 1.97 bits per heavy atom. The third-order valence-electron chi connectivity index (χ3n) is 5.07. The maximum Gasteiger partial charge on any atom is 0.341 e. The van der Waals surface area contributed by atoms with Gasteiger partial charge in [0.2, 0.25) is 0 Å². The number of methoxy groups -OCH3 is 1. The molecule has 0 aromatic heterocycles. The van der Waals surface area contributed by atoms with E-state index in [-0.39, 0.29) is 21.7 Å². The molecule has 0 aliphatic carbocycles. The van der Waals surface area contributed by atoms with Crippen LogP contribution in [-0.2, 0) is 23.8 Å². The van der Waals surface area contributed by atoms with Crippen LogP contribution in [0.2, 0.25) is 10.0 Å². The standard InChI is InChI=1S/C21H23Cl2NO6S/c1-13-4-5-15(31(26,27)30-21(25)14-8-9-24(2)11-14)10-16(13)19-18(29-12-28-3)7-6-17(22)20(19)23/h4-7,10,14H,8-9,11-12H2,1-3H3. The van der Waals surface area contributed by atoms with E-state index in [1.807, 2.05) is 11.9 Å². The average molecular weight is 488 g/mol. The van der Waals surface area contributed by atoms with Crippen molar-refractivity contribution in [2.75, 3.05) is 34.0 Å². The average Bonchev–Trinajstić information content (AvgIpc) is 3.16. The lowest BCUT2D eigenvalue weighted by Gasteiger charge is -2.17. The molecule has 0 bridgehead atoms. The van der Waals surface area contributed by atoms with Crippen molar-refractivity contribution in [2.45, 2.75) is 18.2 Å². The largest absolute Gasteiger partial charge is 0.467 e. The third kappa shape index (κ3) is 5.32. The molecule has 1 saturated heterocycles. The number of aryl methyl sites for hydroxylation is 1. The van der Waals surface area contributed by atoms with Crippen molar-refractivity contribution in [3.63, 3.8) is 0 Å². The Kier molecular flexibility index (Phi) is 7.49. The number of carbonyl (C=O) groups excluding carboxylic acids is 1. The molecule has 1 aliphatic rings. The first-order valence-electron chi connectivity index (χ1n) is 9.51. The first-order valence-corrected chi connectivity index (χ1v) is 11.7. The summed E-state index contributed by atoms with van der Waals surface area (Å²) in [6.45, 7) is 2.94. The summed E-state index contributed by atoms with van der Waals surface area (Å²) in [6, 6.07) is 7.59. The molecule has 168 valence electrons. The molecule has 3 rings (SSSR count). The van der Waals surface area contributed by atoms with Crippen LogP contribution in [0, 0.1) is 12.8 Å². The van der Waals surface area contributed by atoms with Crippen molar-refractivity contribution in [1.82, 2.24) is 4.90 Å². The molecule has 0 radical (unpaired) electrons. The van der Waals surface area contributed by atoms with Gasteiger partial charge < -0.3 is 18.6 Å². The molecule has 0 saturated carbocycles. The van der Waals surface area contributed by atoms with Crippen molar-refractivity contribution in [2.24, 2.45) is 5.92 Å². The Hall–Kier alpha value is -1.84. The molecule has 1 heterocycles. The van der Waals surface area contributed by atoms with Gasteiger partial charge in [-0.3, -0.25) is 4.79 Å². The van der Waals surface area contributed by atoms with Crippen molar-refractivity contribution in [3.05, 3.63) is 45.9 Å². The van der Waals surface area contributed by atoms with Gasteiger partial charge in [-0.25, -0.2) is 0 Å². The van der Waals surface area contributed by atoms with Crippen LogP contribution in [-0.4, -0.2) is 53.3 Å². The molecular formula is C21H23Cl2NO6S. The highest BCUT2D eigenvalue weighted by atomic mass is 35.5. The summed E-state index contributed by atoms with van der Waals surface area (Å²) in [4.78, 5) is 14.2. The molecular weight excluding hydrogens is 465 g/mol. The van der Waals surface area contributed by atoms with E-state index >= 15 is 0 Å². The maximum absolute atomic E-state index is 12.8. The summed E-state index contributed by atoms with van der Waals surface area (Å²) in [6.07, 6.45) is 0.558. The van der Waals surface area contributed by atoms with E-state index in [2.05, 4.69) is 0 Å². The number of benzene rings is 2. The van der Waals surface area contributed by atoms with Crippen LogP contribution in [0.3, 0.4) is 0 Å². The predicted octanol–water partition coefficient (Wildman–Crippen LogP) is 4.14. The van der Waals surface area contributed by atoms with Gasteiger partial charge in [-0.1, -0.05) is 29.3 Å². The van der Waals surface area contributed by atoms with Crippen LogP contribution in [0.15, 0.2) is 35.2 Å². The smallest absolute Gasteiger partial charge is 0.341 e. The summed E-state index contributed by atoms with van der Waals surface area (Å²) in [5.74, 6) is -0.850. The molecule has 2 aromatic carbocycles. The summed E-state index contributed by atoms with van der Waals surface area (Å²) >= 11 is 12.6. The second-order valence-corrected chi connectivity index (χ2v) is 9.70. The van der Waals surface area contributed by atoms with E-state index in [9.17, 15) is 13.2 Å². The molecule has 1 unspecified atom stereocenters. The zero-order chi connectivity index (χ0) is 22.8. The van der Waals surface area contributed by atoms with Gasteiger partial charge in [0, 0.05) is 19.2 Å². The van der Waals surface area contributed by atoms with Gasteiger partial charge in [-0.2, -0.15) is 8.42 Å². The Bertz CT molecular complexity index is 1090. The Morgan fingerprint density at radius 1 is 1.23 bits per heavy atom. The zero-order valence-electron chi connectivity index (χ0n) is 17.4. The molecule has 1 fully saturated rings. The van der Waals surface area contributed by atoms with E-state index in [4.69, 9.17) is 36.9 Å². The van der Waals surface area contributed by atoms with Crippen LogP contribution in [0.1, 0.15) is 12.0 Å². The SMILES string of the molecule is COCOc1ccc(Cl)c(Cl)c1-c1cc(S(=O)(=O)OC(=O)C2CCN(C)C2)ccc1C. The lowest BCUT2D eigenvalue weighted by atomic mass is 9.99. The minimum absolute atomic E-state index is 0.0323. The van der Waals surface area contributed by atoms with Gasteiger partial charge >= 0.3 is 16.1 Å². The van der Waals surface area contributed by atoms with Gasteiger partial charge in [0.05, 0.1) is 16.0 Å². The van der Waals surface area contributed by atoms with Gasteiger partial charge in [-0.15, -0.1) is 0 Å². The zero-order valence-corrected chi connectivity index (χ0v) is 19.7. The predicted molar refractivity (Wildman–Crippen MR) is 118 cm³/mol. The number of ether oxygens (including phenoxy) is 2. The van der Waals surface area contributed by atoms with Crippen LogP contribution in [0.5, 0.6) is 5.75 Å². The Labute approximate surface area is 191 Å². The molecule has 0 spiro atoms. The maximum atomic E-state index is 12.8. The van der Waals surface area contributed by atoms with E-state index < -0.39 is 22.0 Å². The van der Waals surface area contributed by atoms with Crippen LogP contribution < -0.4 is 4.74 Å². The van der Waals surface area contributed by atoms with Crippen LogP contribution in [0.4, 0.5) is 0 Å². The Morgan fingerprint density at radius 3 is 2.61 bits per heavy atom. The normalized spacial score (nSPS) is 17.0. The second kappa shape index (κ2) is 9.75. The minimum Gasteiger partial charge on any atom is -0.467 e. The fourth-order valence-corrected chi connectivity index (χ4v) is 4.77. The molecule has 0 amide bonds. The third-order valence-corrected chi connectivity index (χ3v) is 7.09. The van der Waals surface area contributed by atoms with Crippen molar-refractivity contribution in [1.29, 1.82) is 0 Å². The fourth-order valence-electron chi connectivity index (χ4n) is 3.40. The molecule has 2 aromatic rings. The molecule has 0 N–H and O–H groups in total. The highest BCUT2D eigenvalue weighted by Gasteiger charge is 2.32. The summed E-state index contributed by atoms with van der Waals surface area (Å²) in [5, 5.41) is 0.491. The highest BCUT2D eigenvalue weighted by molar-refractivity contribution is 7.87. The van der Waals surface area contributed by atoms with E-state index in [0.29, 0.717) is 36.4 Å². The molecule has 10 heteroatoms. The van der Waals surface area contributed by atoms with E-state index in [1.54, 1.807) is 25.1 Å². The van der Waals surface area contributed by atoms with Crippen LogP contribution >= 0.6 is 23.2 Å². The number of hydrogen-bond donors (Lipinski definition) is 0. The fraction of sp³-hybridized carbons (Fsp3) is 0.381.